The van der Waals surface area contributed by atoms with E-state index in [0.29, 0.717) is 0 Å². The molecule has 4 aliphatic rings. The molecule has 0 spiro atoms. The predicted octanol–water partition coefficient (Wildman–Crippen LogP) is 6.56. The van der Waals surface area contributed by atoms with Crippen LogP contribution in [-0.4, -0.2) is 0 Å². The summed E-state index contributed by atoms with van der Waals surface area (Å²) < 4.78 is 0. The van der Waals surface area contributed by atoms with E-state index in [-0.39, 0.29) is 0 Å². The highest BCUT2D eigenvalue weighted by Crippen LogP contribution is 2.58. The first-order valence-corrected chi connectivity index (χ1v) is 10.1. The van der Waals surface area contributed by atoms with Gasteiger partial charge in [0.15, 0.2) is 0 Å². The van der Waals surface area contributed by atoms with Gasteiger partial charge in [0, 0.05) is 0 Å². The minimum Gasteiger partial charge on any atom is -0.0587 e. The first-order chi connectivity index (χ1) is 12.2. The molecule has 0 saturated heterocycles. The van der Waals surface area contributed by atoms with Crippen LogP contribution < -0.4 is 0 Å². The van der Waals surface area contributed by atoms with Gasteiger partial charge in [0.25, 0.3) is 0 Å². The van der Waals surface area contributed by atoms with E-state index in [0.717, 1.165) is 23.7 Å². The van der Waals surface area contributed by atoms with Crippen LogP contribution in [0.15, 0.2) is 54.1 Å². The molecule has 2 aromatic rings. The largest absolute Gasteiger partial charge is 0.0587 e. The van der Waals surface area contributed by atoms with Crippen molar-refractivity contribution in [2.45, 2.75) is 46.0 Å². The smallest absolute Gasteiger partial charge is 0.0114 e. The predicted molar refractivity (Wildman–Crippen MR) is 105 cm³/mol. The number of aryl methyl sites for hydroxylation is 2. The molecule has 0 atom stereocenters. The van der Waals surface area contributed by atoms with Crippen LogP contribution in [-0.2, 0) is 0 Å². The summed E-state index contributed by atoms with van der Waals surface area (Å²) in [5.41, 5.74) is 8.92. The molecule has 0 aromatic heterocycles. The van der Waals surface area contributed by atoms with Gasteiger partial charge in [-0.05, 0) is 86.3 Å². The zero-order valence-electron chi connectivity index (χ0n) is 15.5. The second-order valence-electron chi connectivity index (χ2n) is 8.87. The summed E-state index contributed by atoms with van der Waals surface area (Å²) in [7, 11) is 0. The van der Waals surface area contributed by atoms with Gasteiger partial charge in [-0.3, -0.25) is 0 Å². The second kappa shape index (κ2) is 5.87. The highest BCUT2D eigenvalue weighted by Gasteiger charge is 2.46. The Hall–Kier alpha value is -1.82. The molecular formula is C25H28. The van der Waals surface area contributed by atoms with Crippen molar-refractivity contribution < 1.29 is 0 Å². The maximum absolute atomic E-state index is 2.35. The summed E-state index contributed by atoms with van der Waals surface area (Å²) in [6.07, 6.45) is 7.31. The molecule has 0 nitrogen and oxygen atoms in total. The van der Waals surface area contributed by atoms with Crippen LogP contribution in [0, 0.1) is 37.5 Å². The lowest BCUT2D eigenvalue weighted by Crippen LogP contribution is -2.40. The zero-order chi connectivity index (χ0) is 17.0. The fourth-order valence-corrected chi connectivity index (χ4v) is 6.04. The van der Waals surface area contributed by atoms with Crippen molar-refractivity contribution in [1.82, 2.24) is 0 Å². The summed E-state index contributed by atoms with van der Waals surface area (Å²) in [6, 6.07) is 18.5. The van der Waals surface area contributed by atoms with Gasteiger partial charge in [-0.1, -0.05) is 65.2 Å². The van der Waals surface area contributed by atoms with Crippen LogP contribution in [0.5, 0.6) is 0 Å². The molecule has 0 heterocycles. The van der Waals surface area contributed by atoms with Gasteiger partial charge in [0.05, 0.1) is 0 Å². The summed E-state index contributed by atoms with van der Waals surface area (Å²) >= 11 is 0. The van der Waals surface area contributed by atoms with Crippen molar-refractivity contribution in [3.63, 3.8) is 0 Å². The van der Waals surface area contributed by atoms with Crippen LogP contribution in [0.1, 0.15) is 54.4 Å². The molecule has 128 valence electrons. The van der Waals surface area contributed by atoms with E-state index in [1.807, 2.05) is 0 Å². The molecule has 0 radical (unpaired) electrons. The minimum atomic E-state index is 0.842. The summed E-state index contributed by atoms with van der Waals surface area (Å²) in [6.45, 7) is 4.37. The van der Waals surface area contributed by atoms with Crippen molar-refractivity contribution >= 4 is 5.57 Å². The fourth-order valence-electron chi connectivity index (χ4n) is 6.04. The SMILES string of the molecule is Cc1ccc(C(=C2C3CC4CC(C3)CC2C4)c2ccc(C)cc2)cc1. The topological polar surface area (TPSA) is 0 Å². The van der Waals surface area contributed by atoms with Gasteiger partial charge in [-0.25, -0.2) is 0 Å². The molecule has 0 unspecified atom stereocenters. The van der Waals surface area contributed by atoms with Crippen molar-refractivity contribution in [3.8, 4) is 0 Å². The Kier molecular flexibility index (Phi) is 3.62. The van der Waals surface area contributed by atoms with Gasteiger partial charge in [-0.2, -0.15) is 0 Å². The van der Waals surface area contributed by atoms with E-state index in [2.05, 4.69) is 62.4 Å². The summed E-state index contributed by atoms with van der Waals surface area (Å²) in [5.74, 6) is 3.72. The standard InChI is InChI=1S/C25H28/c1-16-3-7-20(8-4-16)24(21-9-5-17(2)6-10-21)25-22-12-18-11-19(14-22)15-23(25)13-18/h3-10,18-19,22-23H,11-15H2,1-2H3. The molecule has 2 aromatic carbocycles. The molecule has 4 aliphatic carbocycles. The molecule has 0 amide bonds. The van der Waals surface area contributed by atoms with E-state index in [4.69, 9.17) is 0 Å². The van der Waals surface area contributed by atoms with Crippen molar-refractivity contribution in [3.05, 3.63) is 76.4 Å². The average molecular weight is 328 g/mol. The van der Waals surface area contributed by atoms with Crippen LogP contribution >= 0.6 is 0 Å². The number of hydrogen-bond acceptors (Lipinski definition) is 0. The van der Waals surface area contributed by atoms with Crippen molar-refractivity contribution in [2.75, 3.05) is 0 Å². The molecule has 4 fully saturated rings. The first-order valence-electron chi connectivity index (χ1n) is 10.1. The lowest BCUT2D eigenvalue weighted by Gasteiger charge is -2.52. The van der Waals surface area contributed by atoms with Crippen LogP contribution in [0.2, 0.25) is 0 Å². The quantitative estimate of drug-likeness (QED) is 0.585. The molecule has 4 bridgehead atoms. The van der Waals surface area contributed by atoms with Crippen molar-refractivity contribution in [2.24, 2.45) is 23.7 Å². The summed E-state index contributed by atoms with van der Waals surface area (Å²) in [4.78, 5) is 0. The van der Waals surface area contributed by atoms with Gasteiger partial charge >= 0.3 is 0 Å². The molecule has 25 heavy (non-hydrogen) atoms. The van der Waals surface area contributed by atoms with Crippen LogP contribution in [0.25, 0.3) is 5.57 Å². The van der Waals surface area contributed by atoms with E-state index < -0.39 is 0 Å². The highest BCUT2D eigenvalue weighted by atomic mass is 14.5. The third-order valence-electron chi connectivity index (χ3n) is 6.99. The highest BCUT2D eigenvalue weighted by molar-refractivity contribution is 5.83. The van der Waals surface area contributed by atoms with Crippen LogP contribution in [0.3, 0.4) is 0 Å². The Bertz CT molecular complexity index is 727. The molecule has 0 aliphatic heterocycles. The first kappa shape index (κ1) is 15.4. The molecule has 0 N–H and O–H groups in total. The normalized spacial score (nSPS) is 29.9. The molecule has 0 heteroatoms. The van der Waals surface area contributed by atoms with Crippen LogP contribution in [0.4, 0.5) is 0 Å². The van der Waals surface area contributed by atoms with Crippen molar-refractivity contribution in [1.29, 1.82) is 0 Å². The minimum absolute atomic E-state index is 0.842. The monoisotopic (exact) mass is 328 g/mol. The number of hydrogen-bond donors (Lipinski definition) is 0. The van der Waals surface area contributed by atoms with Gasteiger partial charge < -0.3 is 0 Å². The second-order valence-corrected chi connectivity index (χ2v) is 8.87. The summed E-state index contributed by atoms with van der Waals surface area (Å²) in [5, 5.41) is 0. The third-order valence-corrected chi connectivity index (χ3v) is 6.99. The lowest BCUT2D eigenvalue weighted by atomic mass is 9.53. The molecule has 6 rings (SSSR count). The fraction of sp³-hybridized carbons (Fsp3) is 0.440. The Morgan fingerprint density at radius 3 is 1.40 bits per heavy atom. The number of benzene rings is 2. The van der Waals surface area contributed by atoms with Gasteiger partial charge in [0.1, 0.15) is 0 Å². The van der Waals surface area contributed by atoms with E-state index in [1.165, 1.54) is 54.4 Å². The van der Waals surface area contributed by atoms with E-state index in [1.54, 1.807) is 11.1 Å². The van der Waals surface area contributed by atoms with Gasteiger partial charge in [-0.15, -0.1) is 0 Å². The Balaban J connectivity index is 1.69. The maximum atomic E-state index is 2.35. The Morgan fingerprint density at radius 1 is 0.600 bits per heavy atom. The van der Waals surface area contributed by atoms with E-state index >= 15 is 0 Å². The average Bonchev–Trinajstić information content (AvgIpc) is 2.60. The van der Waals surface area contributed by atoms with E-state index in [9.17, 15) is 0 Å². The lowest BCUT2D eigenvalue weighted by molar-refractivity contribution is 0.0705. The van der Waals surface area contributed by atoms with Gasteiger partial charge in [0.2, 0.25) is 0 Å². The Morgan fingerprint density at radius 2 is 1.00 bits per heavy atom. The third kappa shape index (κ3) is 2.67. The Labute approximate surface area is 152 Å². The number of allylic oxidation sites excluding steroid dienone is 1. The number of rotatable bonds is 2. The molecule has 4 saturated carbocycles. The maximum Gasteiger partial charge on any atom is -0.0114 e. The zero-order valence-corrected chi connectivity index (χ0v) is 15.5. The molecular weight excluding hydrogens is 300 g/mol.